The van der Waals surface area contributed by atoms with Gasteiger partial charge >= 0.3 is 0 Å². The van der Waals surface area contributed by atoms with E-state index >= 15 is 0 Å². The summed E-state index contributed by atoms with van der Waals surface area (Å²) < 4.78 is 0. The van der Waals surface area contributed by atoms with Crippen molar-refractivity contribution in [3.05, 3.63) is 60.1 Å². The Balaban J connectivity index is 1.56. The molecule has 3 aromatic rings. The highest BCUT2D eigenvalue weighted by molar-refractivity contribution is 8.14. The molecule has 0 radical (unpaired) electrons. The molecule has 0 bridgehead atoms. The van der Waals surface area contributed by atoms with Crippen LogP contribution in [-0.2, 0) is 0 Å². The molecule has 1 aliphatic rings. The molecule has 4 nitrogen and oxygen atoms in total. The van der Waals surface area contributed by atoms with Crippen LogP contribution >= 0.6 is 23.1 Å². The van der Waals surface area contributed by atoms with Crippen molar-refractivity contribution in [3.8, 4) is 10.4 Å². The number of aromatic amines is 1. The number of H-pyrrole nitrogens is 1. The highest BCUT2D eigenvalue weighted by Gasteiger charge is 2.27. The van der Waals surface area contributed by atoms with Crippen molar-refractivity contribution >= 4 is 39.9 Å². The minimum atomic E-state index is 0.418. The fourth-order valence-corrected chi connectivity index (χ4v) is 5.24. The maximum Gasteiger partial charge on any atom is 0.205 e. The number of aryl methyl sites for hydroxylation is 1. The van der Waals surface area contributed by atoms with Gasteiger partial charge in [0.25, 0.3) is 0 Å². The van der Waals surface area contributed by atoms with Crippen molar-refractivity contribution in [2.24, 2.45) is 10.4 Å². The van der Waals surface area contributed by atoms with E-state index in [4.69, 9.17) is 9.98 Å². The molecule has 2 aromatic heterocycles. The van der Waals surface area contributed by atoms with Crippen LogP contribution < -0.4 is 4.90 Å². The predicted octanol–water partition coefficient (Wildman–Crippen LogP) is 7.08. The first-order valence-corrected chi connectivity index (χ1v) is 12.0. The van der Waals surface area contributed by atoms with Crippen LogP contribution in [0.4, 0.5) is 11.8 Å². The number of hydrogen-bond donors (Lipinski definition) is 1. The van der Waals surface area contributed by atoms with Crippen molar-refractivity contribution in [1.82, 2.24) is 9.97 Å². The molecule has 1 N–H and O–H groups in total. The molecule has 1 fully saturated rings. The van der Waals surface area contributed by atoms with Gasteiger partial charge in [-0.2, -0.15) is 4.98 Å². The molecule has 0 unspecified atom stereocenters. The molecule has 6 heteroatoms. The number of thiophene rings is 1. The Kier molecular flexibility index (Phi) is 6.16. The molecule has 30 heavy (non-hydrogen) atoms. The Hall–Kier alpha value is -2.31. The molecule has 1 aromatic carbocycles. The molecule has 156 valence electrons. The number of thioether (sulfide) groups is 1. The second kappa shape index (κ2) is 8.82. The van der Waals surface area contributed by atoms with Gasteiger partial charge in [-0.25, -0.2) is 4.99 Å². The van der Waals surface area contributed by atoms with E-state index in [1.807, 2.05) is 13.0 Å². The largest absolute Gasteiger partial charge is 0.342 e. The van der Waals surface area contributed by atoms with Crippen LogP contribution in [-0.4, -0.2) is 28.1 Å². The van der Waals surface area contributed by atoms with E-state index in [0.717, 1.165) is 35.6 Å². The molecule has 1 aliphatic heterocycles. The van der Waals surface area contributed by atoms with Crippen molar-refractivity contribution < 1.29 is 0 Å². The zero-order valence-corrected chi connectivity index (χ0v) is 19.4. The molecule has 0 aliphatic carbocycles. The molecule has 0 amide bonds. The van der Waals surface area contributed by atoms with Gasteiger partial charge in [-0.15, -0.1) is 11.3 Å². The summed E-state index contributed by atoms with van der Waals surface area (Å²) in [5.41, 5.74) is 2.63. The number of nitrogens with one attached hydrogen (secondary N) is 1. The van der Waals surface area contributed by atoms with Gasteiger partial charge in [-0.05, 0) is 48.8 Å². The average molecular weight is 437 g/mol. The summed E-state index contributed by atoms with van der Waals surface area (Å²) in [5, 5.41) is 2.95. The minimum Gasteiger partial charge on any atom is -0.342 e. The lowest BCUT2D eigenvalue weighted by atomic mass is 9.83. The number of benzene rings is 1. The summed E-state index contributed by atoms with van der Waals surface area (Å²) in [7, 11) is 0. The summed E-state index contributed by atoms with van der Waals surface area (Å²) in [6, 6.07) is 12.7. The van der Waals surface area contributed by atoms with Crippen molar-refractivity contribution in [3.63, 3.8) is 0 Å². The number of hydrogen-bond acceptors (Lipinski definition) is 5. The fraction of sp³-hybridized carbons (Fsp3) is 0.333. The van der Waals surface area contributed by atoms with Crippen LogP contribution in [0.3, 0.4) is 0 Å². The van der Waals surface area contributed by atoms with Gasteiger partial charge in [-0.1, -0.05) is 56.5 Å². The second-order valence-electron chi connectivity index (χ2n) is 8.39. The lowest BCUT2D eigenvalue weighted by Gasteiger charge is -2.36. The first kappa shape index (κ1) is 20.9. The normalized spacial score (nSPS) is 16.6. The number of piperidine rings is 1. The zero-order valence-electron chi connectivity index (χ0n) is 17.8. The maximum absolute atomic E-state index is 4.83. The highest BCUT2D eigenvalue weighted by atomic mass is 32.2. The van der Waals surface area contributed by atoms with Gasteiger partial charge < -0.3 is 9.88 Å². The van der Waals surface area contributed by atoms with Crippen molar-refractivity contribution in [1.29, 1.82) is 0 Å². The topological polar surface area (TPSA) is 44.3 Å². The van der Waals surface area contributed by atoms with E-state index in [9.17, 15) is 0 Å². The van der Waals surface area contributed by atoms with E-state index in [0.29, 0.717) is 5.41 Å². The highest BCUT2D eigenvalue weighted by Crippen LogP contribution is 2.36. The summed E-state index contributed by atoms with van der Waals surface area (Å²) in [4.78, 5) is 17.8. The van der Waals surface area contributed by atoms with Gasteiger partial charge in [0.1, 0.15) is 5.04 Å². The molecular weight excluding hydrogens is 408 g/mol. The number of imidazole rings is 1. The Labute approximate surface area is 187 Å². The van der Waals surface area contributed by atoms with Gasteiger partial charge in [0.05, 0.1) is 5.69 Å². The number of anilines is 1. The zero-order chi connectivity index (χ0) is 21.1. The monoisotopic (exact) mass is 436 g/mol. The van der Waals surface area contributed by atoms with Crippen LogP contribution in [0.2, 0.25) is 0 Å². The van der Waals surface area contributed by atoms with E-state index in [-0.39, 0.29) is 0 Å². The van der Waals surface area contributed by atoms with Gasteiger partial charge in [0, 0.05) is 28.4 Å². The smallest absolute Gasteiger partial charge is 0.205 e. The van der Waals surface area contributed by atoms with Crippen LogP contribution in [0.1, 0.15) is 32.4 Å². The fourth-order valence-electron chi connectivity index (χ4n) is 3.54. The Morgan fingerprint density at radius 3 is 2.70 bits per heavy atom. The van der Waals surface area contributed by atoms with E-state index < -0.39 is 0 Å². The Morgan fingerprint density at radius 2 is 2.00 bits per heavy atom. The molecule has 4 rings (SSSR count). The van der Waals surface area contributed by atoms with Crippen LogP contribution in [0.15, 0.2) is 64.3 Å². The predicted molar refractivity (Wildman–Crippen MR) is 131 cm³/mol. The maximum atomic E-state index is 4.83. The average Bonchev–Trinajstić information content (AvgIpc) is 3.38. The standard InChI is InChI=1S/C24H28N4S2/c1-5-21(30-20-10-7-6-9-18(20)19-11-8-16-29-19)26-22-17(2)25-23(27-22)28-14-12-24(3,4)13-15-28/h5-11,16H,1,12-15H2,2-4H3,(H,25,27). The van der Waals surface area contributed by atoms with Crippen LogP contribution in [0.5, 0.6) is 0 Å². The van der Waals surface area contributed by atoms with Crippen molar-refractivity contribution in [2.45, 2.75) is 38.5 Å². The Bertz CT molecular complexity index is 1040. The number of rotatable bonds is 5. The second-order valence-corrected chi connectivity index (χ2v) is 10.4. The third-order valence-corrected chi connectivity index (χ3v) is 7.49. The number of aliphatic imine (C=N–C) groups is 1. The third-order valence-electron chi connectivity index (χ3n) is 5.54. The Morgan fingerprint density at radius 1 is 1.23 bits per heavy atom. The molecular formula is C24H28N4S2. The number of aromatic nitrogens is 2. The van der Waals surface area contributed by atoms with E-state index in [2.05, 4.69) is 72.1 Å². The van der Waals surface area contributed by atoms with Gasteiger partial charge in [-0.3, -0.25) is 0 Å². The molecule has 0 saturated carbocycles. The molecule has 0 spiro atoms. The minimum absolute atomic E-state index is 0.418. The SMILES string of the molecule is C=CC(=Nc1nc(N2CCC(C)(C)CC2)[nH]c1C)Sc1ccccc1-c1cccs1. The first-order chi connectivity index (χ1) is 14.4. The third kappa shape index (κ3) is 4.71. The lowest BCUT2D eigenvalue weighted by molar-refractivity contribution is 0.278. The quantitative estimate of drug-likeness (QED) is 0.264. The van der Waals surface area contributed by atoms with Crippen molar-refractivity contribution in [2.75, 3.05) is 18.0 Å². The molecule has 1 saturated heterocycles. The van der Waals surface area contributed by atoms with E-state index in [1.165, 1.54) is 28.2 Å². The van der Waals surface area contributed by atoms with Crippen LogP contribution in [0, 0.1) is 12.3 Å². The molecule has 3 heterocycles. The van der Waals surface area contributed by atoms with Gasteiger partial charge in [0.15, 0.2) is 5.82 Å². The first-order valence-electron chi connectivity index (χ1n) is 10.3. The number of nitrogens with zero attached hydrogens (tertiary/aromatic N) is 3. The van der Waals surface area contributed by atoms with Gasteiger partial charge in [0.2, 0.25) is 5.95 Å². The van der Waals surface area contributed by atoms with Crippen LogP contribution in [0.25, 0.3) is 10.4 Å². The van der Waals surface area contributed by atoms with E-state index in [1.54, 1.807) is 23.1 Å². The summed E-state index contributed by atoms with van der Waals surface area (Å²) >= 11 is 3.38. The summed E-state index contributed by atoms with van der Waals surface area (Å²) in [6.07, 6.45) is 4.17. The summed E-state index contributed by atoms with van der Waals surface area (Å²) in [5.74, 6) is 1.67. The lowest BCUT2D eigenvalue weighted by Crippen LogP contribution is -2.37. The summed E-state index contributed by atoms with van der Waals surface area (Å²) in [6.45, 7) is 12.8. The molecule has 0 atom stereocenters.